The first-order valence-corrected chi connectivity index (χ1v) is 14.9. The second kappa shape index (κ2) is 18.1. The first kappa shape index (κ1) is 35.5. The molecule has 0 saturated carbocycles. The van der Waals surface area contributed by atoms with Crippen LogP contribution in [-0.2, 0) is 46.4 Å². The normalized spacial score (nSPS) is 27.0. The van der Waals surface area contributed by atoms with Gasteiger partial charge in [-0.25, -0.2) is 0 Å². The van der Waals surface area contributed by atoms with Crippen LogP contribution < -0.4 is 0 Å². The van der Waals surface area contributed by atoms with Crippen LogP contribution in [0.25, 0.3) is 0 Å². The van der Waals surface area contributed by atoms with E-state index in [1.807, 2.05) is 67.6 Å². The van der Waals surface area contributed by atoms with Crippen molar-refractivity contribution in [3.05, 3.63) is 71.8 Å². The number of hydrogen-bond donors (Lipinski definition) is 3. The molecule has 0 aromatic heterocycles. The van der Waals surface area contributed by atoms with Gasteiger partial charge >= 0.3 is 0 Å². The van der Waals surface area contributed by atoms with Gasteiger partial charge in [-0.1, -0.05) is 74.5 Å². The number of ether oxygens (including phenoxy) is 7. The summed E-state index contributed by atoms with van der Waals surface area (Å²) in [6.07, 6.45) is -4.51. The first-order chi connectivity index (χ1) is 20.7. The molecule has 1 aliphatic rings. The molecule has 0 amide bonds. The maximum Gasteiger partial charge on any atom is 0.200 e. The van der Waals surface area contributed by atoms with Crippen LogP contribution in [-0.4, -0.2) is 99.1 Å². The summed E-state index contributed by atoms with van der Waals surface area (Å²) in [6.45, 7) is 4.64. The van der Waals surface area contributed by atoms with Crippen LogP contribution in [0.3, 0.4) is 0 Å². The zero-order valence-corrected chi connectivity index (χ0v) is 26.0. The van der Waals surface area contributed by atoms with Gasteiger partial charge in [0.05, 0.1) is 56.9 Å². The maximum atomic E-state index is 12.0. The lowest BCUT2D eigenvalue weighted by molar-refractivity contribution is -0.374. The zero-order chi connectivity index (χ0) is 31.2. The van der Waals surface area contributed by atoms with Crippen LogP contribution >= 0.6 is 0 Å². The Morgan fingerprint density at radius 3 is 2.05 bits per heavy atom. The minimum absolute atomic E-state index is 0.0842. The highest BCUT2D eigenvalue weighted by Gasteiger charge is 2.57. The lowest BCUT2D eigenvalue weighted by atomic mass is 9.76. The van der Waals surface area contributed by atoms with Gasteiger partial charge in [0.25, 0.3) is 0 Å². The van der Waals surface area contributed by atoms with Crippen LogP contribution in [0.1, 0.15) is 37.8 Å². The Kier molecular flexibility index (Phi) is 15.0. The molecule has 9 atom stereocenters. The Labute approximate surface area is 255 Å². The largest absolute Gasteiger partial charge is 0.392 e. The predicted molar refractivity (Wildman–Crippen MR) is 160 cm³/mol. The average molecular weight is 607 g/mol. The number of aliphatic hydroxyl groups is 3. The molecule has 1 saturated heterocycles. The molecule has 0 aliphatic carbocycles. The number of aliphatic hydroxyl groups excluding tert-OH is 2. The molecule has 1 heterocycles. The van der Waals surface area contributed by atoms with Crippen molar-refractivity contribution < 1.29 is 48.5 Å². The summed E-state index contributed by atoms with van der Waals surface area (Å²) < 4.78 is 40.4. The van der Waals surface area contributed by atoms with E-state index in [0.29, 0.717) is 26.2 Å². The maximum absolute atomic E-state index is 12.0. The molecular formula is C33H50O10. The Bertz CT molecular complexity index is 1010. The highest BCUT2D eigenvalue weighted by molar-refractivity contribution is 5.14. The van der Waals surface area contributed by atoms with Crippen molar-refractivity contribution in [2.24, 2.45) is 11.8 Å². The SMILES string of the molecule is COCO[C@H]([C@@H](O)C[C@@H](COCc1ccccc1)OC)[C@]1(O)O[C@H](C[C@H](COC)OCc2ccccc2)[C@H](C)[C@H](O)[C@H]1C. The van der Waals surface area contributed by atoms with Crippen molar-refractivity contribution in [3.63, 3.8) is 0 Å². The van der Waals surface area contributed by atoms with Gasteiger partial charge in [-0.15, -0.1) is 0 Å². The van der Waals surface area contributed by atoms with E-state index in [1.165, 1.54) is 14.2 Å². The second-order valence-corrected chi connectivity index (χ2v) is 11.3. The molecule has 0 bridgehead atoms. The van der Waals surface area contributed by atoms with Gasteiger partial charge < -0.3 is 48.5 Å². The van der Waals surface area contributed by atoms with Crippen LogP contribution in [0.2, 0.25) is 0 Å². The van der Waals surface area contributed by atoms with Crippen molar-refractivity contribution in [1.82, 2.24) is 0 Å². The molecule has 3 N–H and O–H groups in total. The number of benzene rings is 2. The standard InChI is InChI=1S/C33H50O10/c1-23-30(17-28(20-37-3)41-19-26-14-10-7-11-15-26)43-33(36,24(2)31(23)35)32(42-22-38-4)29(34)16-27(39-5)21-40-18-25-12-8-6-9-13-25/h6-15,23-24,27-32,34-36H,16-22H2,1-5H3/t23-,24+,27-,28+,29-,30+,31-,32+,33+/m0/s1. The van der Waals surface area contributed by atoms with E-state index in [9.17, 15) is 15.3 Å². The Hall–Kier alpha value is -1.96. The Balaban J connectivity index is 1.72. The van der Waals surface area contributed by atoms with E-state index in [-0.39, 0.29) is 31.8 Å². The van der Waals surface area contributed by atoms with E-state index < -0.39 is 42.2 Å². The first-order valence-electron chi connectivity index (χ1n) is 14.9. The van der Waals surface area contributed by atoms with Crippen LogP contribution in [0.4, 0.5) is 0 Å². The smallest absolute Gasteiger partial charge is 0.200 e. The summed E-state index contributed by atoms with van der Waals surface area (Å²) in [5.41, 5.74) is 2.04. The van der Waals surface area contributed by atoms with E-state index in [0.717, 1.165) is 11.1 Å². The molecule has 0 spiro atoms. The predicted octanol–water partition coefficient (Wildman–Crippen LogP) is 3.30. The molecule has 242 valence electrons. The molecular weight excluding hydrogens is 556 g/mol. The summed E-state index contributed by atoms with van der Waals surface area (Å²) in [4.78, 5) is 0. The molecule has 1 fully saturated rings. The van der Waals surface area contributed by atoms with Gasteiger partial charge in [-0.2, -0.15) is 0 Å². The van der Waals surface area contributed by atoms with Crippen LogP contribution in [0.5, 0.6) is 0 Å². The summed E-state index contributed by atoms with van der Waals surface area (Å²) >= 11 is 0. The molecule has 1 aliphatic heterocycles. The molecule has 43 heavy (non-hydrogen) atoms. The third-order valence-electron chi connectivity index (χ3n) is 8.18. The van der Waals surface area contributed by atoms with E-state index in [1.54, 1.807) is 14.0 Å². The van der Waals surface area contributed by atoms with Crippen molar-refractivity contribution >= 4 is 0 Å². The molecule has 10 nitrogen and oxygen atoms in total. The third kappa shape index (κ3) is 10.3. The molecule has 10 heteroatoms. The molecule has 3 rings (SSSR count). The number of methoxy groups -OCH3 is 3. The second-order valence-electron chi connectivity index (χ2n) is 11.3. The quantitative estimate of drug-likeness (QED) is 0.205. The van der Waals surface area contributed by atoms with Crippen molar-refractivity contribution in [1.29, 1.82) is 0 Å². The minimum Gasteiger partial charge on any atom is -0.392 e. The van der Waals surface area contributed by atoms with Gasteiger partial charge in [-0.05, 0) is 11.1 Å². The average Bonchev–Trinajstić information content (AvgIpc) is 3.02. The highest BCUT2D eigenvalue weighted by Crippen LogP contribution is 2.42. The monoisotopic (exact) mass is 606 g/mol. The van der Waals surface area contributed by atoms with Crippen molar-refractivity contribution in [2.75, 3.05) is 41.3 Å². The fourth-order valence-corrected chi connectivity index (χ4v) is 5.54. The number of hydrogen-bond acceptors (Lipinski definition) is 10. The summed E-state index contributed by atoms with van der Waals surface area (Å²) in [7, 11) is 4.58. The molecule has 2 aromatic rings. The van der Waals surface area contributed by atoms with E-state index >= 15 is 0 Å². The van der Waals surface area contributed by atoms with E-state index in [2.05, 4.69) is 0 Å². The fourth-order valence-electron chi connectivity index (χ4n) is 5.54. The Morgan fingerprint density at radius 2 is 1.47 bits per heavy atom. The van der Waals surface area contributed by atoms with Gasteiger partial charge in [-0.3, -0.25) is 0 Å². The Morgan fingerprint density at radius 1 is 0.837 bits per heavy atom. The molecule has 2 aromatic carbocycles. The van der Waals surface area contributed by atoms with Crippen LogP contribution in [0.15, 0.2) is 60.7 Å². The van der Waals surface area contributed by atoms with E-state index in [4.69, 9.17) is 33.2 Å². The zero-order valence-electron chi connectivity index (χ0n) is 26.0. The third-order valence-corrected chi connectivity index (χ3v) is 8.18. The number of rotatable bonds is 19. The van der Waals surface area contributed by atoms with Crippen molar-refractivity contribution in [3.8, 4) is 0 Å². The van der Waals surface area contributed by atoms with Gasteiger partial charge in [0, 0.05) is 46.0 Å². The molecule has 0 unspecified atom stereocenters. The topological polar surface area (TPSA) is 125 Å². The minimum atomic E-state index is -2.05. The molecule has 0 radical (unpaired) electrons. The van der Waals surface area contributed by atoms with Gasteiger partial charge in [0.1, 0.15) is 12.9 Å². The lowest BCUT2D eigenvalue weighted by Gasteiger charge is -2.52. The van der Waals surface area contributed by atoms with Gasteiger partial charge in [0.2, 0.25) is 0 Å². The summed E-state index contributed by atoms with van der Waals surface area (Å²) in [6, 6.07) is 19.6. The lowest BCUT2D eigenvalue weighted by Crippen LogP contribution is -2.66. The van der Waals surface area contributed by atoms with Gasteiger partial charge in [0.15, 0.2) is 5.79 Å². The fraction of sp³-hybridized carbons (Fsp3) is 0.636. The summed E-state index contributed by atoms with van der Waals surface area (Å²) in [5.74, 6) is -3.18. The van der Waals surface area contributed by atoms with Crippen LogP contribution in [0, 0.1) is 11.8 Å². The van der Waals surface area contributed by atoms with Crippen molar-refractivity contribution in [2.45, 2.75) is 82.3 Å². The highest BCUT2D eigenvalue weighted by atomic mass is 16.7. The summed E-state index contributed by atoms with van der Waals surface area (Å²) in [5, 5.41) is 34.8.